The van der Waals surface area contributed by atoms with Crippen LogP contribution in [0.5, 0.6) is 0 Å². The largest absolute Gasteiger partial charge is 0.376 e. The molecular formula is C17H18N4O2S. The van der Waals surface area contributed by atoms with E-state index in [1.807, 2.05) is 41.8 Å². The van der Waals surface area contributed by atoms with Gasteiger partial charge in [-0.05, 0) is 36.1 Å². The molecule has 1 aliphatic rings. The Balaban J connectivity index is 1.51. The molecule has 1 aliphatic heterocycles. The number of hydrogen-bond acceptors (Lipinski definition) is 5. The summed E-state index contributed by atoms with van der Waals surface area (Å²) in [7, 11) is 0. The van der Waals surface area contributed by atoms with Gasteiger partial charge in [0.15, 0.2) is 0 Å². The van der Waals surface area contributed by atoms with E-state index in [4.69, 9.17) is 0 Å². The van der Waals surface area contributed by atoms with Crippen molar-refractivity contribution >= 4 is 40.7 Å². The molecule has 0 saturated carbocycles. The van der Waals surface area contributed by atoms with E-state index in [2.05, 4.69) is 15.8 Å². The Hall–Kier alpha value is -2.67. The summed E-state index contributed by atoms with van der Waals surface area (Å²) in [6.07, 6.45) is 3.10. The maximum atomic E-state index is 11.8. The van der Waals surface area contributed by atoms with Crippen molar-refractivity contribution in [2.75, 3.05) is 23.3 Å². The number of nitrogens with zero attached hydrogens (tertiary/aromatic N) is 2. The number of hydrogen-bond donors (Lipinski definition) is 2. The number of thiophene rings is 1. The highest BCUT2D eigenvalue weighted by molar-refractivity contribution is 7.11. The molecule has 1 saturated heterocycles. The predicted octanol–water partition coefficient (Wildman–Crippen LogP) is 2.44. The van der Waals surface area contributed by atoms with Gasteiger partial charge in [-0.15, -0.1) is 11.3 Å². The van der Waals surface area contributed by atoms with Crippen LogP contribution in [-0.2, 0) is 9.59 Å². The highest BCUT2D eigenvalue weighted by atomic mass is 32.1. The first-order valence-corrected chi connectivity index (χ1v) is 8.60. The first-order valence-electron chi connectivity index (χ1n) is 7.72. The fourth-order valence-electron chi connectivity index (χ4n) is 2.46. The van der Waals surface area contributed by atoms with E-state index in [0.29, 0.717) is 6.42 Å². The second-order valence-electron chi connectivity index (χ2n) is 5.36. The van der Waals surface area contributed by atoms with Crippen molar-refractivity contribution in [2.45, 2.75) is 12.8 Å². The molecule has 1 aromatic heterocycles. The number of carbonyl (C=O) groups excluding carboxylic acids is 2. The van der Waals surface area contributed by atoms with Gasteiger partial charge in [-0.1, -0.05) is 12.1 Å². The SMILES string of the molecule is O=C(CNc1cccc(N2CCCC2=O)c1)NN=Cc1cccs1. The van der Waals surface area contributed by atoms with Crippen LogP contribution in [0.15, 0.2) is 46.9 Å². The van der Waals surface area contributed by atoms with E-state index in [1.54, 1.807) is 22.5 Å². The summed E-state index contributed by atoms with van der Waals surface area (Å²) in [5.41, 5.74) is 4.13. The lowest BCUT2D eigenvalue weighted by molar-refractivity contribution is -0.119. The standard InChI is InChI=1S/C17H18N4O2S/c22-16(20-19-11-15-6-3-9-24-15)12-18-13-4-1-5-14(10-13)21-8-2-7-17(21)23/h1,3-6,9-11,18H,2,7-8,12H2,(H,20,22). The molecule has 0 spiro atoms. The highest BCUT2D eigenvalue weighted by Crippen LogP contribution is 2.24. The van der Waals surface area contributed by atoms with Crippen LogP contribution in [0.1, 0.15) is 17.7 Å². The Labute approximate surface area is 144 Å². The van der Waals surface area contributed by atoms with Crippen LogP contribution in [0.3, 0.4) is 0 Å². The van der Waals surface area contributed by atoms with E-state index in [-0.39, 0.29) is 18.4 Å². The summed E-state index contributed by atoms with van der Waals surface area (Å²) in [6, 6.07) is 11.4. The fraction of sp³-hybridized carbons (Fsp3) is 0.235. The van der Waals surface area contributed by atoms with Crippen LogP contribution in [0.2, 0.25) is 0 Å². The minimum absolute atomic E-state index is 0.110. The molecule has 124 valence electrons. The van der Waals surface area contributed by atoms with Gasteiger partial charge in [0.25, 0.3) is 5.91 Å². The molecule has 7 heteroatoms. The summed E-state index contributed by atoms with van der Waals surface area (Å²) in [4.78, 5) is 26.3. The van der Waals surface area contributed by atoms with Crippen molar-refractivity contribution in [2.24, 2.45) is 5.10 Å². The summed E-state index contributed by atoms with van der Waals surface area (Å²) in [6.45, 7) is 0.861. The number of nitrogens with one attached hydrogen (secondary N) is 2. The smallest absolute Gasteiger partial charge is 0.259 e. The first kappa shape index (κ1) is 16.2. The summed E-state index contributed by atoms with van der Waals surface area (Å²) in [5.74, 6) is -0.0849. The summed E-state index contributed by atoms with van der Waals surface area (Å²) < 4.78 is 0. The molecule has 0 bridgehead atoms. The monoisotopic (exact) mass is 342 g/mol. The zero-order chi connectivity index (χ0) is 16.8. The van der Waals surface area contributed by atoms with Crippen LogP contribution >= 0.6 is 11.3 Å². The highest BCUT2D eigenvalue weighted by Gasteiger charge is 2.21. The maximum Gasteiger partial charge on any atom is 0.259 e. The Morgan fingerprint density at radius 3 is 3.00 bits per heavy atom. The molecule has 0 aliphatic carbocycles. The number of hydrazone groups is 1. The van der Waals surface area contributed by atoms with E-state index in [0.717, 1.165) is 29.2 Å². The van der Waals surface area contributed by atoms with Crippen LogP contribution in [0, 0.1) is 0 Å². The van der Waals surface area contributed by atoms with Crippen molar-refractivity contribution in [3.8, 4) is 0 Å². The molecule has 6 nitrogen and oxygen atoms in total. The van der Waals surface area contributed by atoms with Crippen molar-refractivity contribution in [1.29, 1.82) is 0 Å². The second kappa shape index (κ2) is 7.74. The van der Waals surface area contributed by atoms with Crippen LogP contribution in [-0.4, -0.2) is 31.1 Å². The van der Waals surface area contributed by atoms with E-state index in [1.165, 1.54) is 0 Å². The summed E-state index contributed by atoms with van der Waals surface area (Å²) >= 11 is 1.55. The molecule has 2 heterocycles. The van der Waals surface area contributed by atoms with Crippen molar-refractivity contribution in [3.05, 3.63) is 46.7 Å². The lowest BCUT2D eigenvalue weighted by Crippen LogP contribution is -2.26. The maximum absolute atomic E-state index is 11.8. The van der Waals surface area contributed by atoms with Gasteiger partial charge in [-0.3, -0.25) is 9.59 Å². The lowest BCUT2D eigenvalue weighted by Gasteiger charge is -2.16. The average molecular weight is 342 g/mol. The molecule has 3 rings (SSSR count). The molecule has 0 atom stereocenters. The Kier molecular flexibility index (Phi) is 5.22. The Morgan fingerprint density at radius 2 is 2.25 bits per heavy atom. The zero-order valence-corrected chi connectivity index (χ0v) is 13.9. The average Bonchev–Trinajstić information content (AvgIpc) is 3.25. The van der Waals surface area contributed by atoms with Crippen LogP contribution in [0.25, 0.3) is 0 Å². The lowest BCUT2D eigenvalue weighted by atomic mass is 10.2. The predicted molar refractivity (Wildman–Crippen MR) is 96.6 cm³/mol. The number of rotatable bonds is 6. The van der Waals surface area contributed by atoms with E-state index < -0.39 is 0 Å². The van der Waals surface area contributed by atoms with Gasteiger partial charge in [-0.25, -0.2) is 5.43 Å². The van der Waals surface area contributed by atoms with Crippen molar-refractivity contribution in [3.63, 3.8) is 0 Å². The summed E-state index contributed by atoms with van der Waals surface area (Å²) in [5, 5.41) is 8.90. The van der Waals surface area contributed by atoms with Crippen molar-refractivity contribution in [1.82, 2.24) is 5.43 Å². The van der Waals surface area contributed by atoms with Gasteiger partial charge in [0.2, 0.25) is 5.91 Å². The molecule has 0 radical (unpaired) electrons. The molecular weight excluding hydrogens is 324 g/mol. The Bertz CT molecular complexity index is 743. The van der Waals surface area contributed by atoms with E-state index >= 15 is 0 Å². The van der Waals surface area contributed by atoms with Gasteiger partial charge in [0.1, 0.15) is 0 Å². The van der Waals surface area contributed by atoms with Crippen LogP contribution in [0.4, 0.5) is 11.4 Å². The normalized spacial score (nSPS) is 14.3. The first-order chi connectivity index (χ1) is 11.7. The van der Waals surface area contributed by atoms with E-state index in [9.17, 15) is 9.59 Å². The van der Waals surface area contributed by atoms with Gasteiger partial charge in [-0.2, -0.15) is 5.10 Å². The van der Waals surface area contributed by atoms with Crippen molar-refractivity contribution < 1.29 is 9.59 Å². The number of anilines is 2. The third-order valence-corrected chi connectivity index (χ3v) is 4.42. The molecule has 0 unspecified atom stereocenters. The second-order valence-corrected chi connectivity index (χ2v) is 6.34. The molecule has 2 aromatic rings. The van der Waals surface area contributed by atoms with Gasteiger partial charge >= 0.3 is 0 Å². The third kappa shape index (κ3) is 4.20. The van der Waals surface area contributed by atoms with Crippen LogP contribution < -0.4 is 15.6 Å². The molecule has 2 N–H and O–H groups in total. The number of amides is 2. The Morgan fingerprint density at radius 1 is 1.33 bits per heavy atom. The fourth-order valence-corrected chi connectivity index (χ4v) is 3.04. The van der Waals surface area contributed by atoms with Gasteiger partial charge in [0, 0.05) is 29.2 Å². The minimum atomic E-state index is -0.231. The zero-order valence-electron chi connectivity index (χ0n) is 13.1. The number of benzene rings is 1. The molecule has 24 heavy (non-hydrogen) atoms. The number of carbonyl (C=O) groups is 2. The molecule has 1 aromatic carbocycles. The minimum Gasteiger partial charge on any atom is -0.376 e. The topological polar surface area (TPSA) is 73.8 Å². The molecule has 2 amide bonds. The third-order valence-electron chi connectivity index (χ3n) is 3.61. The quantitative estimate of drug-likeness (QED) is 0.625. The van der Waals surface area contributed by atoms with Gasteiger partial charge < -0.3 is 10.2 Å². The van der Waals surface area contributed by atoms with Gasteiger partial charge in [0.05, 0.1) is 12.8 Å². The molecule has 1 fully saturated rings.